The van der Waals surface area contributed by atoms with Crippen LogP contribution in [0.15, 0.2) is 5.38 Å². The molecule has 5 heteroatoms. The largest absolute Gasteiger partial charge is 0.481 e. The number of nitrogens with zero attached hydrogens (tertiary/aromatic N) is 1. The van der Waals surface area contributed by atoms with Gasteiger partial charge in [-0.1, -0.05) is 13.8 Å². The second-order valence-electron chi connectivity index (χ2n) is 4.01. The smallest absolute Gasteiger partial charge is 0.304 e. The maximum atomic E-state index is 10.7. The molecule has 4 nitrogen and oxygen atoms in total. The third-order valence-electron chi connectivity index (χ3n) is 2.11. The van der Waals surface area contributed by atoms with Crippen LogP contribution in [0.4, 0.5) is 0 Å². The van der Waals surface area contributed by atoms with Crippen LogP contribution >= 0.6 is 11.3 Å². The number of hydrogen-bond donors (Lipinski definition) is 1. The third-order valence-corrected chi connectivity index (χ3v) is 2.93. The normalized spacial score (nSPS) is 11.7. The molecule has 0 aromatic carbocycles. The number of rotatable bonds is 5. The molecule has 0 atom stereocenters. The maximum Gasteiger partial charge on any atom is 0.304 e. The molecule has 1 heterocycles. The van der Waals surface area contributed by atoms with Crippen molar-refractivity contribution in [2.24, 2.45) is 0 Å². The molecule has 0 aliphatic heterocycles. The average Bonchev–Trinajstić information content (AvgIpc) is 2.51. The highest BCUT2D eigenvalue weighted by atomic mass is 32.1. The van der Waals surface area contributed by atoms with Gasteiger partial charge in [-0.05, 0) is 0 Å². The van der Waals surface area contributed by atoms with Gasteiger partial charge in [-0.2, -0.15) is 0 Å². The lowest BCUT2D eigenvalue weighted by Crippen LogP contribution is -2.22. The summed E-state index contributed by atoms with van der Waals surface area (Å²) in [5.41, 5.74) is 0.399. The Bertz CT molecular complexity index is 346. The standard InChI is InChI=1S/C10H15NO3S/c1-10(2,4-9(12)13)7-6-15-8(11-7)5-14-3/h6H,4-5H2,1-3H3,(H,12,13). The van der Waals surface area contributed by atoms with Gasteiger partial charge in [0.1, 0.15) is 5.01 Å². The second kappa shape index (κ2) is 4.72. The fraction of sp³-hybridized carbons (Fsp3) is 0.600. The van der Waals surface area contributed by atoms with Gasteiger partial charge in [0.25, 0.3) is 0 Å². The fourth-order valence-electron chi connectivity index (χ4n) is 1.28. The van der Waals surface area contributed by atoms with Gasteiger partial charge >= 0.3 is 5.97 Å². The summed E-state index contributed by atoms with van der Waals surface area (Å²) in [6.45, 7) is 4.24. The molecular formula is C10H15NO3S. The molecule has 0 saturated heterocycles. The molecule has 84 valence electrons. The summed E-state index contributed by atoms with van der Waals surface area (Å²) in [6, 6.07) is 0. The van der Waals surface area contributed by atoms with E-state index in [1.807, 2.05) is 19.2 Å². The van der Waals surface area contributed by atoms with Gasteiger partial charge in [-0.15, -0.1) is 11.3 Å². The summed E-state index contributed by atoms with van der Waals surface area (Å²) in [4.78, 5) is 15.0. The van der Waals surface area contributed by atoms with Gasteiger partial charge in [-0.3, -0.25) is 4.79 Å². The van der Waals surface area contributed by atoms with E-state index in [0.29, 0.717) is 6.61 Å². The Hall–Kier alpha value is -0.940. The molecule has 0 bridgehead atoms. The Kier molecular flexibility index (Phi) is 3.82. The van der Waals surface area contributed by atoms with Crippen LogP contribution < -0.4 is 0 Å². The van der Waals surface area contributed by atoms with Crippen molar-refractivity contribution in [3.05, 3.63) is 16.1 Å². The molecule has 1 aromatic heterocycles. The Morgan fingerprint density at radius 1 is 1.67 bits per heavy atom. The molecule has 0 saturated carbocycles. The van der Waals surface area contributed by atoms with E-state index in [-0.39, 0.29) is 6.42 Å². The van der Waals surface area contributed by atoms with Crippen LogP contribution in [0, 0.1) is 0 Å². The first-order valence-electron chi connectivity index (χ1n) is 4.61. The van der Waals surface area contributed by atoms with Crippen LogP contribution in [0.5, 0.6) is 0 Å². The Labute approximate surface area is 92.9 Å². The first-order chi connectivity index (χ1) is 6.95. The van der Waals surface area contributed by atoms with Crippen LogP contribution in [0.25, 0.3) is 0 Å². The van der Waals surface area contributed by atoms with Crippen molar-refractivity contribution in [3.8, 4) is 0 Å². The van der Waals surface area contributed by atoms with Gasteiger partial charge in [0, 0.05) is 17.9 Å². The first-order valence-corrected chi connectivity index (χ1v) is 5.49. The van der Waals surface area contributed by atoms with Crippen molar-refractivity contribution in [1.82, 2.24) is 4.98 Å². The second-order valence-corrected chi connectivity index (χ2v) is 4.96. The van der Waals surface area contributed by atoms with Crippen LogP contribution in [0.1, 0.15) is 31.0 Å². The summed E-state index contributed by atoms with van der Waals surface area (Å²) in [5, 5.41) is 11.6. The minimum absolute atomic E-state index is 0.0865. The topological polar surface area (TPSA) is 59.4 Å². The fourth-order valence-corrected chi connectivity index (χ4v) is 2.24. The molecule has 0 aliphatic rings. The van der Waals surface area contributed by atoms with E-state index >= 15 is 0 Å². The van der Waals surface area contributed by atoms with E-state index < -0.39 is 11.4 Å². The van der Waals surface area contributed by atoms with Crippen LogP contribution in [0.3, 0.4) is 0 Å². The number of thiazole rings is 1. The number of carboxylic acid groups (broad SMARTS) is 1. The third kappa shape index (κ3) is 3.28. The highest BCUT2D eigenvalue weighted by molar-refractivity contribution is 7.09. The molecule has 1 N–H and O–H groups in total. The minimum Gasteiger partial charge on any atom is -0.481 e. The Balaban J connectivity index is 2.80. The highest BCUT2D eigenvalue weighted by Crippen LogP contribution is 2.28. The van der Waals surface area contributed by atoms with E-state index in [0.717, 1.165) is 10.7 Å². The zero-order valence-electron chi connectivity index (χ0n) is 9.11. The average molecular weight is 229 g/mol. The number of methoxy groups -OCH3 is 1. The number of aromatic nitrogens is 1. The van der Waals surface area contributed by atoms with Gasteiger partial charge in [0.15, 0.2) is 0 Å². The molecule has 0 amide bonds. The maximum absolute atomic E-state index is 10.7. The van der Waals surface area contributed by atoms with Crippen molar-refractivity contribution in [3.63, 3.8) is 0 Å². The molecule has 0 aliphatic carbocycles. The van der Waals surface area contributed by atoms with E-state index in [1.54, 1.807) is 7.11 Å². The molecule has 1 aromatic rings. The monoisotopic (exact) mass is 229 g/mol. The summed E-state index contributed by atoms with van der Waals surface area (Å²) >= 11 is 1.50. The lowest BCUT2D eigenvalue weighted by Gasteiger charge is -2.19. The lowest BCUT2D eigenvalue weighted by molar-refractivity contribution is -0.138. The molecule has 0 unspecified atom stereocenters. The van der Waals surface area contributed by atoms with Crippen molar-refractivity contribution in [2.45, 2.75) is 32.3 Å². The van der Waals surface area contributed by atoms with E-state index in [4.69, 9.17) is 9.84 Å². The molecular weight excluding hydrogens is 214 g/mol. The lowest BCUT2D eigenvalue weighted by atomic mass is 9.86. The number of ether oxygens (including phenoxy) is 1. The van der Waals surface area contributed by atoms with Crippen molar-refractivity contribution in [1.29, 1.82) is 0 Å². The highest BCUT2D eigenvalue weighted by Gasteiger charge is 2.26. The number of aliphatic carboxylic acids is 1. The number of hydrogen-bond acceptors (Lipinski definition) is 4. The SMILES string of the molecule is COCc1nc(C(C)(C)CC(=O)O)cs1. The summed E-state index contributed by atoms with van der Waals surface area (Å²) in [6.07, 6.45) is 0.0865. The predicted molar refractivity (Wildman–Crippen MR) is 58.1 cm³/mol. The van der Waals surface area contributed by atoms with Crippen molar-refractivity contribution < 1.29 is 14.6 Å². The Morgan fingerprint density at radius 3 is 2.87 bits per heavy atom. The predicted octanol–water partition coefficient (Wildman–Crippen LogP) is 2.04. The Morgan fingerprint density at radius 2 is 2.33 bits per heavy atom. The molecule has 0 fully saturated rings. The van der Waals surface area contributed by atoms with Crippen LogP contribution in [-0.4, -0.2) is 23.2 Å². The van der Waals surface area contributed by atoms with Crippen molar-refractivity contribution >= 4 is 17.3 Å². The van der Waals surface area contributed by atoms with Crippen LogP contribution in [-0.2, 0) is 21.6 Å². The summed E-state index contributed by atoms with van der Waals surface area (Å²) < 4.78 is 4.97. The molecule has 0 radical (unpaired) electrons. The van der Waals surface area contributed by atoms with Crippen LogP contribution in [0.2, 0.25) is 0 Å². The first kappa shape index (κ1) is 12.1. The van der Waals surface area contributed by atoms with Crippen molar-refractivity contribution in [2.75, 3.05) is 7.11 Å². The molecule has 15 heavy (non-hydrogen) atoms. The van der Waals surface area contributed by atoms with Gasteiger partial charge in [0.2, 0.25) is 0 Å². The molecule has 0 spiro atoms. The van der Waals surface area contributed by atoms with E-state index in [1.165, 1.54) is 11.3 Å². The molecule has 1 rings (SSSR count). The minimum atomic E-state index is -0.804. The summed E-state index contributed by atoms with van der Waals surface area (Å²) in [7, 11) is 1.61. The number of carbonyl (C=O) groups is 1. The van der Waals surface area contributed by atoms with E-state index in [2.05, 4.69) is 4.98 Å². The van der Waals surface area contributed by atoms with E-state index in [9.17, 15) is 4.79 Å². The van der Waals surface area contributed by atoms with Gasteiger partial charge in [0.05, 0.1) is 18.7 Å². The zero-order chi connectivity index (χ0) is 11.5. The van der Waals surface area contributed by atoms with Gasteiger partial charge < -0.3 is 9.84 Å². The zero-order valence-corrected chi connectivity index (χ0v) is 9.93. The van der Waals surface area contributed by atoms with Gasteiger partial charge in [-0.25, -0.2) is 4.98 Å². The number of carboxylic acids is 1. The summed E-state index contributed by atoms with van der Waals surface area (Å²) in [5.74, 6) is -0.804. The quantitative estimate of drug-likeness (QED) is 0.839.